The first-order valence-corrected chi connectivity index (χ1v) is 8.16. The predicted molar refractivity (Wildman–Crippen MR) is 104 cm³/mol. The number of fused-ring (bicyclic) bond motifs is 1. The maximum Gasteiger partial charge on any atom is 0.284 e. The number of aliphatic imine (C=N–C) groups is 3. The number of amidine groups is 1. The number of hydrogen-bond donors (Lipinski definition) is 3. The van der Waals surface area contributed by atoms with E-state index in [0.717, 1.165) is 5.56 Å². The first-order valence-electron chi connectivity index (χ1n) is 8.16. The zero-order valence-electron chi connectivity index (χ0n) is 14.2. The SMILES string of the molecule is NC1=NC(=O)C2=C(C(N)c3ccc(Oc4ccc(N)cc4)cc3)C=NC2=N1. The van der Waals surface area contributed by atoms with Gasteiger partial charge in [0.25, 0.3) is 5.91 Å². The van der Waals surface area contributed by atoms with Crippen LogP contribution in [0.5, 0.6) is 11.5 Å². The normalized spacial score (nSPS) is 16.7. The lowest BCUT2D eigenvalue weighted by Gasteiger charge is -2.15. The third kappa shape index (κ3) is 3.21. The Kier molecular flexibility index (Phi) is 4.02. The van der Waals surface area contributed by atoms with Gasteiger partial charge in [0, 0.05) is 17.5 Å². The predicted octanol–water partition coefficient (Wildman–Crippen LogP) is 1.70. The number of ether oxygens (including phenoxy) is 1. The van der Waals surface area contributed by atoms with Crippen molar-refractivity contribution in [3.8, 4) is 11.5 Å². The lowest BCUT2D eigenvalue weighted by molar-refractivity contribution is -0.114. The van der Waals surface area contributed by atoms with Crippen LogP contribution < -0.4 is 21.9 Å². The molecule has 2 heterocycles. The van der Waals surface area contributed by atoms with E-state index in [1.807, 2.05) is 12.1 Å². The minimum Gasteiger partial charge on any atom is -0.457 e. The highest BCUT2D eigenvalue weighted by Gasteiger charge is 2.31. The number of hydrogen-bond acceptors (Lipinski definition) is 7. The van der Waals surface area contributed by atoms with Crippen LogP contribution in [0.25, 0.3) is 0 Å². The molecule has 0 saturated heterocycles. The highest BCUT2D eigenvalue weighted by atomic mass is 16.5. The number of rotatable bonds is 4. The van der Waals surface area contributed by atoms with Crippen molar-refractivity contribution in [3.63, 3.8) is 0 Å². The van der Waals surface area contributed by atoms with Crippen LogP contribution in [0.3, 0.4) is 0 Å². The number of amides is 1. The topological polar surface area (TPSA) is 141 Å². The first-order chi connectivity index (χ1) is 13.0. The van der Waals surface area contributed by atoms with E-state index >= 15 is 0 Å². The van der Waals surface area contributed by atoms with Crippen LogP contribution in [0, 0.1) is 0 Å². The summed E-state index contributed by atoms with van der Waals surface area (Å²) >= 11 is 0. The lowest BCUT2D eigenvalue weighted by atomic mass is 9.96. The molecule has 0 fully saturated rings. The minimum atomic E-state index is -0.555. The molecular formula is C19H16N6O2. The van der Waals surface area contributed by atoms with Gasteiger partial charge in [0.2, 0.25) is 5.96 Å². The van der Waals surface area contributed by atoms with Gasteiger partial charge in [0.15, 0.2) is 5.84 Å². The van der Waals surface area contributed by atoms with E-state index in [1.54, 1.807) is 36.4 Å². The molecule has 134 valence electrons. The van der Waals surface area contributed by atoms with E-state index in [1.165, 1.54) is 6.21 Å². The lowest BCUT2D eigenvalue weighted by Crippen LogP contribution is -2.24. The Labute approximate surface area is 154 Å². The molecule has 27 heavy (non-hydrogen) atoms. The standard InChI is InChI=1S/C19H16N6O2/c20-11-3-7-13(8-4-11)27-12-5-1-10(2-6-12)16(21)14-9-23-17-15(14)18(26)25-19(22)24-17/h1-9,16H,20-21H2,(H2,22,25,26). The van der Waals surface area contributed by atoms with Gasteiger partial charge < -0.3 is 21.9 Å². The molecule has 0 saturated carbocycles. The quantitative estimate of drug-likeness (QED) is 0.711. The van der Waals surface area contributed by atoms with Crippen LogP contribution >= 0.6 is 0 Å². The molecule has 2 aromatic carbocycles. The molecule has 1 atom stereocenters. The molecule has 0 bridgehead atoms. The number of guanidine groups is 1. The van der Waals surface area contributed by atoms with Crippen molar-refractivity contribution in [2.24, 2.45) is 26.4 Å². The number of nitrogen functional groups attached to an aromatic ring is 1. The molecule has 0 aliphatic carbocycles. The Morgan fingerprint density at radius 3 is 2.19 bits per heavy atom. The Morgan fingerprint density at radius 2 is 1.52 bits per heavy atom. The second-order valence-electron chi connectivity index (χ2n) is 6.02. The van der Waals surface area contributed by atoms with Crippen LogP contribution in [-0.4, -0.2) is 23.9 Å². The van der Waals surface area contributed by atoms with Gasteiger partial charge in [-0.2, -0.15) is 9.98 Å². The first kappa shape index (κ1) is 16.7. The van der Waals surface area contributed by atoms with Crippen molar-refractivity contribution in [2.45, 2.75) is 6.04 Å². The fourth-order valence-corrected chi connectivity index (χ4v) is 2.82. The van der Waals surface area contributed by atoms with Gasteiger partial charge in [0.1, 0.15) is 11.5 Å². The number of nitrogens with zero attached hydrogens (tertiary/aromatic N) is 3. The smallest absolute Gasteiger partial charge is 0.284 e. The summed E-state index contributed by atoms with van der Waals surface area (Å²) in [4.78, 5) is 23.9. The van der Waals surface area contributed by atoms with Crippen LogP contribution in [0.2, 0.25) is 0 Å². The van der Waals surface area contributed by atoms with E-state index in [-0.39, 0.29) is 11.8 Å². The fraction of sp³-hybridized carbons (Fsp3) is 0.0526. The highest BCUT2D eigenvalue weighted by Crippen LogP contribution is 2.29. The van der Waals surface area contributed by atoms with Gasteiger partial charge in [-0.3, -0.25) is 4.79 Å². The van der Waals surface area contributed by atoms with Crippen molar-refractivity contribution in [3.05, 3.63) is 65.2 Å². The van der Waals surface area contributed by atoms with Crippen molar-refractivity contribution in [1.29, 1.82) is 0 Å². The molecule has 0 radical (unpaired) electrons. The second-order valence-corrected chi connectivity index (χ2v) is 6.02. The third-order valence-electron chi connectivity index (χ3n) is 4.18. The van der Waals surface area contributed by atoms with Gasteiger partial charge in [-0.1, -0.05) is 12.1 Å². The zero-order chi connectivity index (χ0) is 19.0. The summed E-state index contributed by atoms with van der Waals surface area (Å²) in [5.74, 6) is 1.000. The van der Waals surface area contributed by atoms with Crippen LogP contribution in [0.4, 0.5) is 5.69 Å². The Morgan fingerprint density at radius 1 is 0.889 bits per heavy atom. The zero-order valence-corrected chi connectivity index (χ0v) is 14.2. The largest absolute Gasteiger partial charge is 0.457 e. The Bertz CT molecular complexity index is 1030. The van der Waals surface area contributed by atoms with Gasteiger partial charge in [0.05, 0.1) is 11.6 Å². The summed E-state index contributed by atoms with van der Waals surface area (Å²) in [7, 11) is 0. The maximum atomic E-state index is 12.1. The van der Waals surface area contributed by atoms with Gasteiger partial charge in [-0.15, -0.1) is 0 Å². The van der Waals surface area contributed by atoms with E-state index in [2.05, 4.69) is 15.0 Å². The molecule has 4 rings (SSSR count). The van der Waals surface area contributed by atoms with Crippen LogP contribution in [0.1, 0.15) is 11.6 Å². The Balaban J connectivity index is 1.56. The summed E-state index contributed by atoms with van der Waals surface area (Å²) in [6, 6.07) is 13.8. The molecule has 2 aromatic rings. The monoisotopic (exact) mass is 360 g/mol. The third-order valence-corrected chi connectivity index (χ3v) is 4.18. The van der Waals surface area contributed by atoms with E-state index in [9.17, 15) is 4.79 Å². The number of benzene rings is 2. The Hall–Kier alpha value is -3.78. The molecular weight excluding hydrogens is 344 g/mol. The van der Waals surface area contributed by atoms with E-state index in [4.69, 9.17) is 21.9 Å². The molecule has 0 aromatic heterocycles. The van der Waals surface area contributed by atoms with E-state index in [0.29, 0.717) is 28.3 Å². The van der Waals surface area contributed by atoms with E-state index < -0.39 is 11.9 Å². The fourth-order valence-electron chi connectivity index (χ4n) is 2.82. The number of nitrogens with two attached hydrogens (primary N) is 3. The number of carbonyl (C=O) groups is 1. The van der Waals surface area contributed by atoms with Crippen LogP contribution in [0.15, 0.2) is 74.7 Å². The summed E-state index contributed by atoms with van der Waals surface area (Å²) in [6.07, 6.45) is 1.53. The van der Waals surface area contributed by atoms with Crippen LogP contribution in [-0.2, 0) is 4.79 Å². The molecule has 8 nitrogen and oxygen atoms in total. The molecule has 1 amide bonds. The maximum absolute atomic E-state index is 12.1. The minimum absolute atomic E-state index is 0.102. The molecule has 8 heteroatoms. The summed E-state index contributed by atoms with van der Waals surface area (Å²) in [6.45, 7) is 0. The molecule has 2 aliphatic heterocycles. The summed E-state index contributed by atoms with van der Waals surface area (Å²) in [5, 5.41) is 0. The molecule has 0 spiro atoms. The average molecular weight is 360 g/mol. The molecule has 2 aliphatic rings. The van der Waals surface area contributed by atoms with Crippen molar-refractivity contribution in [2.75, 3.05) is 5.73 Å². The van der Waals surface area contributed by atoms with Crippen molar-refractivity contribution < 1.29 is 9.53 Å². The van der Waals surface area contributed by atoms with Crippen molar-refractivity contribution >= 4 is 29.6 Å². The van der Waals surface area contributed by atoms with Gasteiger partial charge >= 0.3 is 0 Å². The number of anilines is 1. The summed E-state index contributed by atoms with van der Waals surface area (Å²) in [5.41, 5.74) is 19.8. The van der Waals surface area contributed by atoms with Gasteiger partial charge in [-0.25, -0.2) is 4.99 Å². The average Bonchev–Trinajstić information content (AvgIpc) is 3.08. The number of carbonyl (C=O) groups excluding carboxylic acids is 1. The molecule has 6 N–H and O–H groups in total. The van der Waals surface area contributed by atoms with Gasteiger partial charge in [-0.05, 0) is 42.0 Å². The molecule has 1 unspecified atom stereocenters. The second kappa shape index (κ2) is 6.50. The summed E-state index contributed by atoms with van der Waals surface area (Å²) < 4.78 is 5.77. The highest BCUT2D eigenvalue weighted by molar-refractivity contribution is 6.34. The van der Waals surface area contributed by atoms with Crippen molar-refractivity contribution in [1.82, 2.24) is 0 Å².